The molecule has 0 aliphatic carbocycles. The average molecular weight is 274 g/mol. The number of fused-ring (bicyclic) bond motifs is 1. The van der Waals surface area contributed by atoms with E-state index in [0.717, 1.165) is 12.8 Å². The molecule has 0 saturated carbocycles. The largest absolute Gasteiger partial charge is 0.509 e. The number of primary amides is 1. The van der Waals surface area contributed by atoms with Crippen LogP contribution in [0.15, 0.2) is 0 Å². The van der Waals surface area contributed by atoms with Crippen LogP contribution in [-0.2, 0) is 18.9 Å². The Balaban J connectivity index is 1.91. The maximum Gasteiger partial charge on any atom is 0.509 e. The van der Waals surface area contributed by atoms with Gasteiger partial charge in [0.15, 0.2) is 18.5 Å². The van der Waals surface area contributed by atoms with Gasteiger partial charge in [-0.3, -0.25) is 0 Å². The summed E-state index contributed by atoms with van der Waals surface area (Å²) in [5.41, 5.74) is 4.99. The maximum absolute atomic E-state index is 11.1. The van der Waals surface area contributed by atoms with E-state index in [4.69, 9.17) is 24.7 Å². The molecule has 108 valence electrons. The molecule has 2 aliphatic heterocycles. The molecule has 19 heavy (non-hydrogen) atoms. The number of amides is 2. The smallest absolute Gasteiger partial charge is 0.424 e. The van der Waals surface area contributed by atoms with Crippen molar-refractivity contribution in [2.75, 3.05) is 13.2 Å². The monoisotopic (exact) mass is 274 g/mol. The summed E-state index contributed by atoms with van der Waals surface area (Å²) in [6, 6.07) is -0.666. The SMILES string of the molecule is CCCCO[C@@H]1O[C@H](CNC(N)=O)[C@H]2OC(=O)O[C@@H]12. The van der Waals surface area contributed by atoms with Crippen LogP contribution in [0.1, 0.15) is 19.8 Å². The molecule has 0 aromatic carbocycles. The summed E-state index contributed by atoms with van der Waals surface area (Å²) in [5, 5.41) is 2.41. The van der Waals surface area contributed by atoms with E-state index < -0.39 is 36.8 Å². The van der Waals surface area contributed by atoms with Crippen LogP contribution in [0.2, 0.25) is 0 Å². The van der Waals surface area contributed by atoms with Crippen LogP contribution in [0.5, 0.6) is 0 Å². The predicted octanol–water partition coefficient (Wildman–Crippen LogP) is 0.100. The number of hydrogen-bond acceptors (Lipinski definition) is 6. The second-order valence-corrected chi connectivity index (χ2v) is 4.43. The van der Waals surface area contributed by atoms with Crippen LogP contribution in [0.3, 0.4) is 0 Å². The summed E-state index contributed by atoms with van der Waals surface area (Å²) in [5.74, 6) is 0. The third-order valence-corrected chi connectivity index (χ3v) is 2.99. The predicted molar refractivity (Wildman–Crippen MR) is 62.2 cm³/mol. The fourth-order valence-corrected chi connectivity index (χ4v) is 2.05. The minimum atomic E-state index is -0.744. The first-order chi connectivity index (χ1) is 9.11. The van der Waals surface area contributed by atoms with Gasteiger partial charge in [-0.05, 0) is 6.42 Å². The summed E-state index contributed by atoms with van der Waals surface area (Å²) >= 11 is 0. The quantitative estimate of drug-likeness (QED) is 0.525. The van der Waals surface area contributed by atoms with Crippen molar-refractivity contribution in [3.05, 3.63) is 0 Å². The lowest BCUT2D eigenvalue weighted by Crippen LogP contribution is -2.41. The summed E-state index contributed by atoms with van der Waals surface area (Å²) in [7, 11) is 0. The van der Waals surface area contributed by atoms with Gasteiger partial charge in [0.05, 0.1) is 0 Å². The first kappa shape index (κ1) is 13.9. The molecule has 3 N–H and O–H groups in total. The number of ether oxygens (including phenoxy) is 4. The highest BCUT2D eigenvalue weighted by atomic mass is 16.8. The lowest BCUT2D eigenvalue weighted by molar-refractivity contribution is -0.166. The number of unbranched alkanes of at least 4 members (excludes halogenated alkanes) is 1. The molecule has 2 fully saturated rings. The Labute approximate surface area is 110 Å². The molecular formula is C11H18N2O6. The lowest BCUT2D eigenvalue weighted by Gasteiger charge is -2.16. The van der Waals surface area contributed by atoms with Crippen molar-refractivity contribution in [1.82, 2.24) is 5.32 Å². The molecule has 0 radical (unpaired) electrons. The first-order valence-electron chi connectivity index (χ1n) is 6.29. The highest BCUT2D eigenvalue weighted by molar-refractivity contribution is 5.71. The third-order valence-electron chi connectivity index (χ3n) is 2.99. The van der Waals surface area contributed by atoms with Gasteiger partial charge in [0.1, 0.15) is 6.10 Å². The van der Waals surface area contributed by atoms with E-state index in [1.807, 2.05) is 6.92 Å². The van der Waals surface area contributed by atoms with Crippen LogP contribution >= 0.6 is 0 Å². The molecule has 2 rings (SSSR count). The number of rotatable bonds is 6. The number of nitrogens with two attached hydrogens (primary N) is 1. The van der Waals surface area contributed by atoms with Gasteiger partial charge in [0.2, 0.25) is 0 Å². The molecule has 0 aromatic rings. The number of carbonyl (C=O) groups excluding carboxylic acids is 2. The lowest BCUT2D eigenvalue weighted by atomic mass is 10.1. The molecular weight excluding hydrogens is 256 g/mol. The average Bonchev–Trinajstić information content (AvgIpc) is 2.86. The van der Waals surface area contributed by atoms with Gasteiger partial charge in [-0.2, -0.15) is 0 Å². The van der Waals surface area contributed by atoms with Crippen molar-refractivity contribution < 1.29 is 28.5 Å². The number of carbonyl (C=O) groups is 2. The van der Waals surface area contributed by atoms with E-state index in [9.17, 15) is 9.59 Å². The van der Waals surface area contributed by atoms with Crippen LogP contribution in [-0.4, -0.2) is 49.9 Å². The number of nitrogens with one attached hydrogen (secondary N) is 1. The van der Waals surface area contributed by atoms with E-state index in [0.29, 0.717) is 6.61 Å². The molecule has 2 amide bonds. The van der Waals surface area contributed by atoms with E-state index in [1.165, 1.54) is 0 Å². The van der Waals surface area contributed by atoms with E-state index in [-0.39, 0.29) is 6.54 Å². The van der Waals surface area contributed by atoms with E-state index in [1.54, 1.807) is 0 Å². The topological polar surface area (TPSA) is 109 Å². The fraction of sp³-hybridized carbons (Fsp3) is 0.818. The molecule has 2 heterocycles. The molecule has 0 aromatic heterocycles. The van der Waals surface area contributed by atoms with Gasteiger partial charge in [0, 0.05) is 13.2 Å². The molecule has 0 unspecified atom stereocenters. The Morgan fingerprint density at radius 3 is 2.84 bits per heavy atom. The highest BCUT2D eigenvalue weighted by Gasteiger charge is 2.54. The Morgan fingerprint density at radius 1 is 1.42 bits per heavy atom. The highest BCUT2D eigenvalue weighted by Crippen LogP contribution is 2.32. The van der Waals surface area contributed by atoms with Gasteiger partial charge in [-0.25, -0.2) is 9.59 Å². The van der Waals surface area contributed by atoms with E-state index in [2.05, 4.69) is 5.32 Å². The standard InChI is InChI=1S/C11H18N2O6/c1-2-3-4-16-9-8-7(18-11(15)19-8)6(17-9)5-13-10(12)14/h6-9H,2-5H2,1H3,(H3,12,13,14)/t6-,7-,8-,9-/m1/s1. The molecule has 2 aliphatic rings. The number of hydrogen-bond donors (Lipinski definition) is 2. The maximum atomic E-state index is 11.1. The van der Waals surface area contributed by atoms with Crippen molar-refractivity contribution in [1.29, 1.82) is 0 Å². The Hall–Kier alpha value is -1.54. The fourth-order valence-electron chi connectivity index (χ4n) is 2.05. The van der Waals surface area contributed by atoms with Crippen molar-refractivity contribution >= 4 is 12.2 Å². The summed E-state index contributed by atoms with van der Waals surface area (Å²) in [4.78, 5) is 21.8. The van der Waals surface area contributed by atoms with Crippen molar-refractivity contribution in [2.45, 2.75) is 44.4 Å². The Bertz CT molecular complexity index is 350. The van der Waals surface area contributed by atoms with Gasteiger partial charge in [-0.15, -0.1) is 0 Å². The van der Waals surface area contributed by atoms with Crippen LogP contribution in [0.25, 0.3) is 0 Å². The van der Waals surface area contributed by atoms with Crippen molar-refractivity contribution in [3.63, 3.8) is 0 Å². The van der Waals surface area contributed by atoms with Gasteiger partial charge < -0.3 is 30.0 Å². The van der Waals surface area contributed by atoms with Crippen LogP contribution in [0.4, 0.5) is 9.59 Å². The zero-order chi connectivity index (χ0) is 13.8. The third kappa shape index (κ3) is 3.27. The Kier molecular flexibility index (Phi) is 4.43. The first-order valence-corrected chi connectivity index (χ1v) is 6.29. The normalized spacial score (nSPS) is 32.6. The summed E-state index contributed by atoms with van der Waals surface area (Å²) in [6.07, 6.45) is -1.22. The van der Waals surface area contributed by atoms with E-state index >= 15 is 0 Å². The van der Waals surface area contributed by atoms with Crippen molar-refractivity contribution in [3.8, 4) is 0 Å². The number of urea groups is 1. The van der Waals surface area contributed by atoms with Gasteiger partial charge in [-0.1, -0.05) is 13.3 Å². The van der Waals surface area contributed by atoms with Gasteiger partial charge >= 0.3 is 12.2 Å². The summed E-state index contributed by atoms with van der Waals surface area (Å²) in [6.45, 7) is 2.69. The minimum Gasteiger partial charge on any atom is -0.424 e. The molecule has 8 nitrogen and oxygen atoms in total. The minimum absolute atomic E-state index is 0.140. The molecule has 2 saturated heterocycles. The van der Waals surface area contributed by atoms with Gasteiger partial charge in [0.25, 0.3) is 0 Å². The van der Waals surface area contributed by atoms with Crippen molar-refractivity contribution in [2.24, 2.45) is 5.73 Å². The van der Waals surface area contributed by atoms with Crippen LogP contribution < -0.4 is 11.1 Å². The van der Waals surface area contributed by atoms with Crippen LogP contribution in [0, 0.1) is 0 Å². The molecule has 0 bridgehead atoms. The Morgan fingerprint density at radius 2 is 2.16 bits per heavy atom. The molecule has 0 spiro atoms. The molecule has 8 heteroatoms. The molecule has 4 atom stereocenters. The second kappa shape index (κ2) is 6.07. The second-order valence-electron chi connectivity index (χ2n) is 4.43. The zero-order valence-corrected chi connectivity index (χ0v) is 10.7. The summed E-state index contributed by atoms with van der Waals surface area (Å²) < 4.78 is 21.1. The zero-order valence-electron chi connectivity index (χ0n) is 10.7.